The lowest BCUT2D eigenvalue weighted by Gasteiger charge is -2.37. The van der Waals surface area contributed by atoms with Crippen molar-refractivity contribution < 1.29 is 9.59 Å². The van der Waals surface area contributed by atoms with Crippen LogP contribution in [0.1, 0.15) is 30.2 Å². The highest BCUT2D eigenvalue weighted by Crippen LogP contribution is 2.25. The van der Waals surface area contributed by atoms with Crippen LogP contribution in [0.15, 0.2) is 18.6 Å². The summed E-state index contributed by atoms with van der Waals surface area (Å²) in [4.78, 5) is 29.2. The van der Waals surface area contributed by atoms with Crippen molar-refractivity contribution in [2.45, 2.75) is 39.2 Å². The van der Waals surface area contributed by atoms with Crippen LogP contribution in [0.4, 0.5) is 0 Å². The molecule has 2 amide bonds. The van der Waals surface area contributed by atoms with E-state index in [1.54, 1.807) is 6.20 Å². The van der Waals surface area contributed by atoms with Gasteiger partial charge in [0.05, 0.1) is 18.8 Å². The fraction of sp³-hybridized carbons (Fsp3) is 0.579. The number of H-pyrrole nitrogens is 1. The van der Waals surface area contributed by atoms with Gasteiger partial charge >= 0.3 is 0 Å². The van der Waals surface area contributed by atoms with Crippen LogP contribution in [0.5, 0.6) is 0 Å². The first kappa shape index (κ1) is 17.8. The molecule has 1 atom stereocenters. The van der Waals surface area contributed by atoms with Crippen LogP contribution < -0.4 is 0 Å². The number of carbonyl (C=O) groups excluding carboxylic acids is 2. The SMILES string of the molecule is CCn1cc(CC(=O)N2CCN(C(=O)C3CCc4cn[nH]c4C3)CC2)cn1. The van der Waals surface area contributed by atoms with E-state index in [0.717, 1.165) is 37.1 Å². The molecule has 4 rings (SSSR count). The minimum Gasteiger partial charge on any atom is -0.339 e. The van der Waals surface area contributed by atoms with Crippen molar-refractivity contribution in [3.63, 3.8) is 0 Å². The Morgan fingerprint density at radius 3 is 2.70 bits per heavy atom. The second-order valence-corrected chi connectivity index (χ2v) is 7.40. The van der Waals surface area contributed by atoms with E-state index >= 15 is 0 Å². The number of aromatic nitrogens is 4. The molecule has 0 spiro atoms. The number of carbonyl (C=O) groups is 2. The van der Waals surface area contributed by atoms with Crippen molar-refractivity contribution in [2.24, 2.45) is 5.92 Å². The van der Waals surface area contributed by atoms with Crippen molar-refractivity contribution in [2.75, 3.05) is 26.2 Å². The summed E-state index contributed by atoms with van der Waals surface area (Å²) < 4.78 is 1.83. The Labute approximate surface area is 158 Å². The van der Waals surface area contributed by atoms with Crippen LogP contribution in [-0.2, 0) is 35.4 Å². The number of rotatable bonds is 4. The van der Waals surface area contributed by atoms with Gasteiger partial charge in [-0.15, -0.1) is 0 Å². The van der Waals surface area contributed by atoms with Gasteiger partial charge < -0.3 is 9.80 Å². The van der Waals surface area contributed by atoms with E-state index in [1.165, 1.54) is 5.56 Å². The molecule has 1 aliphatic heterocycles. The van der Waals surface area contributed by atoms with Gasteiger partial charge in [0.1, 0.15) is 0 Å². The lowest BCUT2D eigenvalue weighted by Crippen LogP contribution is -2.52. The molecule has 2 aromatic rings. The van der Waals surface area contributed by atoms with Crippen LogP contribution in [0.25, 0.3) is 0 Å². The number of aromatic amines is 1. The predicted molar refractivity (Wildman–Crippen MR) is 98.9 cm³/mol. The van der Waals surface area contributed by atoms with Crippen LogP contribution in [0.2, 0.25) is 0 Å². The molecule has 1 unspecified atom stereocenters. The third-order valence-electron chi connectivity index (χ3n) is 5.68. The Bertz CT molecular complexity index is 818. The number of nitrogens with one attached hydrogen (secondary N) is 1. The summed E-state index contributed by atoms with van der Waals surface area (Å²) in [6.07, 6.45) is 8.45. The van der Waals surface area contributed by atoms with Crippen LogP contribution in [0.3, 0.4) is 0 Å². The number of fused-ring (bicyclic) bond motifs is 1. The number of hydrogen-bond donors (Lipinski definition) is 1. The molecule has 0 aromatic carbocycles. The summed E-state index contributed by atoms with van der Waals surface area (Å²) >= 11 is 0. The molecule has 0 bridgehead atoms. The Morgan fingerprint density at radius 1 is 1.19 bits per heavy atom. The van der Waals surface area contributed by atoms with Gasteiger partial charge in [-0.25, -0.2) is 0 Å². The van der Waals surface area contributed by atoms with Crippen molar-refractivity contribution in [1.82, 2.24) is 29.8 Å². The zero-order valence-electron chi connectivity index (χ0n) is 15.7. The van der Waals surface area contributed by atoms with Gasteiger partial charge in [0.2, 0.25) is 11.8 Å². The van der Waals surface area contributed by atoms with Crippen molar-refractivity contribution in [1.29, 1.82) is 0 Å². The van der Waals surface area contributed by atoms with E-state index in [4.69, 9.17) is 0 Å². The van der Waals surface area contributed by atoms with Gasteiger partial charge in [-0.1, -0.05) is 0 Å². The molecule has 8 nitrogen and oxygen atoms in total. The Balaban J connectivity index is 1.28. The topological polar surface area (TPSA) is 87.1 Å². The summed E-state index contributed by atoms with van der Waals surface area (Å²) in [5.41, 5.74) is 3.28. The molecule has 1 aliphatic carbocycles. The van der Waals surface area contributed by atoms with Gasteiger partial charge in [-0.05, 0) is 30.9 Å². The standard InChI is InChI=1S/C19H26N6O2/c1-2-25-13-14(11-21-25)9-18(26)23-5-7-24(8-6-23)19(27)15-3-4-16-12-20-22-17(16)10-15/h11-13,15H,2-10H2,1H3,(H,20,22). The molecule has 8 heteroatoms. The second-order valence-electron chi connectivity index (χ2n) is 7.40. The van der Waals surface area contributed by atoms with E-state index in [1.807, 2.05) is 33.8 Å². The molecular weight excluding hydrogens is 344 g/mol. The molecule has 1 saturated heterocycles. The monoisotopic (exact) mass is 370 g/mol. The normalized spacial score (nSPS) is 19.8. The lowest BCUT2D eigenvalue weighted by molar-refractivity contribution is -0.142. The molecule has 0 saturated carbocycles. The second kappa shape index (κ2) is 7.54. The quantitative estimate of drug-likeness (QED) is 0.856. The zero-order valence-corrected chi connectivity index (χ0v) is 15.7. The highest BCUT2D eigenvalue weighted by Gasteiger charge is 2.31. The van der Waals surface area contributed by atoms with Crippen LogP contribution in [0, 0.1) is 5.92 Å². The van der Waals surface area contributed by atoms with Crippen LogP contribution in [-0.4, -0.2) is 67.8 Å². The first-order valence-electron chi connectivity index (χ1n) is 9.73. The molecule has 2 aliphatic rings. The highest BCUT2D eigenvalue weighted by atomic mass is 16.2. The fourth-order valence-corrected chi connectivity index (χ4v) is 4.01. The molecule has 3 heterocycles. The summed E-state index contributed by atoms with van der Waals surface area (Å²) in [7, 11) is 0. The maximum Gasteiger partial charge on any atom is 0.227 e. The van der Waals surface area contributed by atoms with Crippen molar-refractivity contribution in [3.05, 3.63) is 35.4 Å². The first-order valence-corrected chi connectivity index (χ1v) is 9.73. The molecule has 27 heavy (non-hydrogen) atoms. The van der Waals surface area contributed by atoms with E-state index in [-0.39, 0.29) is 17.7 Å². The maximum absolute atomic E-state index is 12.9. The first-order chi connectivity index (χ1) is 13.1. The Hall–Kier alpha value is -2.64. The van der Waals surface area contributed by atoms with Crippen molar-refractivity contribution >= 4 is 11.8 Å². The lowest BCUT2D eigenvalue weighted by atomic mass is 9.87. The average molecular weight is 370 g/mol. The molecule has 0 radical (unpaired) electrons. The van der Waals surface area contributed by atoms with Crippen LogP contribution >= 0.6 is 0 Å². The van der Waals surface area contributed by atoms with E-state index in [9.17, 15) is 9.59 Å². The largest absolute Gasteiger partial charge is 0.339 e. The third-order valence-corrected chi connectivity index (χ3v) is 5.68. The number of nitrogens with zero attached hydrogens (tertiary/aromatic N) is 5. The summed E-state index contributed by atoms with van der Waals surface area (Å²) in [6, 6.07) is 0. The zero-order chi connectivity index (χ0) is 18.8. The molecule has 1 fully saturated rings. The summed E-state index contributed by atoms with van der Waals surface area (Å²) in [5, 5.41) is 11.3. The number of piperazine rings is 1. The number of aryl methyl sites for hydroxylation is 2. The summed E-state index contributed by atoms with van der Waals surface area (Å²) in [6.45, 7) is 5.27. The Morgan fingerprint density at radius 2 is 1.96 bits per heavy atom. The van der Waals surface area contributed by atoms with Gasteiger partial charge in [0, 0.05) is 57.0 Å². The summed E-state index contributed by atoms with van der Waals surface area (Å²) in [5.74, 6) is 0.351. The highest BCUT2D eigenvalue weighted by molar-refractivity contribution is 5.81. The maximum atomic E-state index is 12.9. The fourth-order valence-electron chi connectivity index (χ4n) is 4.01. The van der Waals surface area contributed by atoms with Gasteiger partial charge in [-0.2, -0.15) is 10.2 Å². The van der Waals surface area contributed by atoms with E-state index in [0.29, 0.717) is 32.6 Å². The van der Waals surface area contributed by atoms with Gasteiger partial charge in [0.25, 0.3) is 0 Å². The molecular formula is C19H26N6O2. The minimum absolute atomic E-state index is 0.0279. The number of amides is 2. The smallest absolute Gasteiger partial charge is 0.227 e. The third kappa shape index (κ3) is 3.74. The molecule has 144 valence electrons. The van der Waals surface area contributed by atoms with Gasteiger partial charge in [-0.3, -0.25) is 19.4 Å². The molecule has 1 N–H and O–H groups in total. The predicted octanol–water partition coefficient (Wildman–Crippen LogP) is 0.645. The van der Waals surface area contributed by atoms with E-state index in [2.05, 4.69) is 15.3 Å². The van der Waals surface area contributed by atoms with E-state index < -0.39 is 0 Å². The number of hydrogen-bond acceptors (Lipinski definition) is 4. The molecule has 2 aromatic heterocycles. The Kier molecular flexibility index (Phi) is 4.96. The van der Waals surface area contributed by atoms with Gasteiger partial charge in [0.15, 0.2) is 0 Å². The van der Waals surface area contributed by atoms with Crippen molar-refractivity contribution in [3.8, 4) is 0 Å². The minimum atomic E-state index is 0.0279. The average Bonchev–Trinajstić information content (AvgIpc) is 3.35.